The largest absolute Gasteiger partial charge is 0.392 e. The second-order valence-corrected chi connectivity index (χ2v) is 28.9. The van der Waals surface area contributed by atoms with Crippen LogP contribution in [-0.2, 0) is 9.59 Å². The Kier molecular flexibility index (Phi) is 60.8. The molecule has 2 amide bonds. The zero-order chi connectivity index (χ0) is 64.2. The molecule has 0 aromatic heterocycles. The lowest BCUT2D eigenvalue weighted by Gasteiger charge is -2.40. The third-order valence-electron chi connectivity index (χ3n) is 19.7. The van der Waals surface area contributed by atoms with Gasteiger partial charge in [0.15, 0.2) is 0 Å². The van der Waals surface area contributed by atoms with Crippen molar-refractivity contribution in [1.29, 1.82) is 0 Å². The van der Waals surface area contributed by atoms with E-state index < -0.39 is 30.4 Å². The molecule has 1 aliphatic rings. The quantitative estimate of drug-likeness (QED) is 0.0380. The molecule has 10 nitrogen and oxygen atoms in total. The lowest BCUT2D eigenvalue weighted by Crippen LogP contribution is -2.64. The smallest absolute Gasteiger partial charge is 0.245 e. The van der Waals surface area contributed by atoms with Crippen LogP contribution < -0.4 is 5.32 Å². The van der Waals surface area contributed by atoms with Gasteiger partial charge in [0.05, 0.1) is 24.4 Å². The third-order valence-corrected chi connectivity index (χ3v) is 19.7. The van der Waals surface area contributed by atoms with Crippen molar-refractivity contribution in [2.45, 2.75) is 438 Å². The van der Waals surface area contributed by atoms with E-state index in [1.807, 2.05) is 0 Å². The molecular formula is C78H156N4O6. The highest BCUT2D eigenvalue weighted by Crippen LogP contribution is 2.24. The average Bonchev–Trinajstić information content (AvgIpc) is 3.22. The summed E-state index contributed by atoms with van der Waals surface area (Å²) in [5, 5.41) is 48.9. The molecule has 1 aliphatic heterocycles. The fraction of sp³-hybridized carbons (Fsp3) is 0.974. The van der Waals surface area contributed by atoms with E-state index in [9.17, 15) is 30.0 Å². The van der Waals surface area contributed by atoms with Gasteiger partial charge in [-0.1, -0.05) is 330 Å². The van der Waals surface area contributed by atoms with E-state index in [0.717, 1.165) is 110 Å². The van der Waals surface area contributed by atoms with E-state index in [0.29, 0.717) is 44.8 Å². The summed E-state index contributed by atoms with van der Waals surface area (Å²) in [5.74, 6) is 0.400. The molecule has 10 heteroatoms. The van der Waals surface area contributed by atoms with Crippen LogP contribution in [0, 0.1) is 5.92 Å². The normalized spacial score (nSPS) is 16.5. The Hall–Kier alpha value is -1.30. The van der Waals surface area contributed by atoms with Crippen molar-refractivity contribution in [3.63, 3.8) is 0 Å². The highest BCUT2D eigenvalue weighted by molar-refractivity contribution is 5.97. The van der Waals surface area contributed by atoms with Gasteiger partial charge >= 0.3 is 0 Å². The van der Waals surface area contributed by atoms with Crippen LogP contribution in [0.2, 0.25) is 0 Å². The molecule has 524 valence electrons. The van der Waals surface area contributed by atoms with Gasteiger partial charge in [0.2, 0.25) is 11.8 Å². The summed E-state index contributed by atoms with van der Waals surface area (Å²) in [6.07, 6.45) is 63.8. The van der Waals surface area contributed by atoms with Crippen LogP contribution in [0.5, 0.6) is 0 Å². The van der Waals surface area contributed by atoms with Crippen LogP contribution in [0.4, 0.5) is 0 Å². The summed E-state index contributed by atoms with van der Waals surface area (Å²) in [6, 6.07) is -1.23. The SMILES string of the molecule is CCCCCCCCCCCC(C)CN(CCCCC1NC(=O)C(CCCCN(CC(O)CCCCCCCCCCC)CC(O)CCCCCCCCCCC)N(CC(O)CCCCCCCCCCC)C1=O)CC(O)CCCCCCCCCCC. The lowest BCUT2D eigenvalue weighted by molar-refractivity contribution is -0.151. The molecule has 0 aliphatic carbocycles. The molecule has 1 saturated heterocycles. The van der Waals surface area contributed by atoms with Gasteiger partial charge in [-0.2, -0.15) is 0 Å². The molecule has 88 heavy (non-hydrogen) atoms. The Labute approximate surface area is 548 Å². The lowest BCUT2D eigenvalue weighted by atomic mass is 9.97. The molecule has 5 N–H and O–H groups in total. The summed E-state index contributed by atoms with van der Waals surface area (Å²) in [7, 11) is 0. The third kappa shape index (κ3) is 51.2. The number of hydrogen-bond acceptors (Lipinski definition) is 8. The predicted molar refractivity (Wildman–Crippen MR) is 380 cm³/mol. The van der Waals surface area contributed by atoms with Gasteiger partial charge in [0.1, 0.15) is 12.1 Å². The van der Waals surface area contributed by atoms with Crippen LogP contribution in [0.15, 0.2) is 0 Å². The van der Waals surface area contributed by atoms with Gasteiger partial charge in [0.25, 0.3) is 0 Å². The summed E-state index contributed by atoms with van der Waals surface area (Å²) in [6.45, 7) is 18.3. The molecule has 0 aromatic carbocycles. The maximum Gasteiger partial charge on any atom is 0.245 e. The summed E-state index contributed by atoms with van der Waals surface area (Å²) in [5.41, 5.74) is 0. The first kappa shape index (κ1) is 84.7. The highest BCUT2D eigenvalue weighted by Gasteiger charge is 2.40. The van der Waals surface area contributed by atoms with Crippen molar-refractivity contribution >= 4 is 11.8 Å². The standard InChI is InChI=1S/C78H156N4O6/c1-7-12-17-22-27-32-37-42-47-56-70(6)65-80(66-71(83)57-48-43-38-33-28-23-18-13-8-2)63-54-52-61-75-78(88)82(69-74(86)60-51-46-41-36-31-26-21-16-11-5)76(77(87)79-75)62-53-55-64-81(67-72(84)58-49-44-39-34-29-24-19-14-9-3)68-73(85)59-50-45-40-35-30-25-20-15-10-4/h70-76,83-86H,7-69H2,1-6H3,(H,79,87). The number of carbonyl (C=O) groups is 2. The van der Waals surface area contributed by atoms with E-state index in [1.54, 1.807) is 4.90 Å². The minimum absolute atomic E-state index is 0.0561. The first-order valence-electron chi connectivity index (χ1n) is 39.8. The first-order valence-corrected chi connectivity index (χ1v) is 39.8. The fourth-order valence-corrected chi connectivity index (χ4v) is 14.0. The number of β-amino-alcohol motifs (C(OH)–C–C–N with tert-alkyl or cyclic N) is 1. The van der Waals surface area contributed by atoms with Gasteiger partial charge < -0.3 is 35.5 Å². The minimum atomic E-state index is -0.675. The van der Waals surface area contributed by atoms with Crippen molar-refractivity contribution in [2.75, 3.05) is 45.8 Å². The second-order valence-electron chi connectivity index (χ2n) is 28.9. The number of piperazine rings is 1. The number of rotatable bonds is 70. The monoisotopic (exact) mass is 1250 g/mol. The molecule has 0 saturated carbocycles. The topological polar surface area (TPSA) is 137 Å². The van der Waals surface area contributed by atoms with E-state index in [-0.39, 0.29) is 24.5 Å². The Bertz CT molecular complexity index is 1410. The van der Waals surface area contributed by atoms with Crippen LogP contribution in [0.1, 0.15) is 401 Å². The second kappa shape index (κ2) is 63.1. The van der Waals surface area contributed by atoms with Gasteiger partial charge in [0, 0.05) is 32.7 Å². The molecule has 0 bridgehead atoms. The van der Waals surface area contributed by atoms with E-state index >= 15 is 0 Å². The molecule has 0 spiro atoms. The Balaban J connectivity index is 3.06. The number of nitrogens with one attached hydrogen (secondary N) is 1. The molecule has 1 rings (SSSR count). The van der Waals surface area contributed by atoms with Crippen LogP contribution in [0.25, 0.3) is 0 Å². The average molecular weight is 1250 g/mol. The van der Waals surface area contributed by atoms with Crippen molar-refractivity contribution in [3.8, 4) is 0 Å². The summed E-state index contributed by atoms with van der Waals surface area (Å²) in [4.78, 5) is 35.5. The number of unbranched alkanes of at least 4 members (excludes halogenated alkanes) is 42. The van der Waals surface area contributed by atoms with Crippen LogP contribution >= 0.6 is 0 Å². The van der Waals surface area contributed by atoms with Gasteiger partial charge in [-0.3, -0.25) is 14.5 Å². The number of carbonyl (C=O) groups excluding carboxylic acids is 2. The number of aliphatic hydroxyl groups is 4. The van der Waals surface area contributed by atoms with E-state index in [1.165, 1.54) is 250 Å². The number of amides is 2. The molecule has 0 aromatic rings. The van der Waals surface area contributed by atoms with Gasteiger partial charge in [-0.25, -0.2) is 0 Å². The predicted octanol–water partition coefficient (Wildman–Crippen LogP) is 20.3. The van der Waals surface area contributed by atoms with E-state index in [4.69, 9.17) is 0 Å². The Morgan fingerprint density at radius 1 is 0.341 bits per heavy atom. The highest BCUT2D eigenvalue weighted by atomic mass is 16.3. The van der Waals surface area contributed by atoms with Crippen LogP contribution in [-0.4, -0.2) is 129 Å². The van der Waals surface area contributed by atoms with Crippen molar-refractivity contribution in [3.05, 3.63) is 0 Å². The van der Waals surface area contributed by atoms with Crippen molar-refractivity contribution in [2.24, 2.45) is 5.92 Å². The zero-order valence-corrected chi connectivity index (χ0v) is 60.0. The molecule has 1 heterocycles. The molecule has 7 unspecified atom stereocenters. The Morgan fingerprint density at radius 2 is 0.614 bits per heavy atom. The Morgan fingerprint density at radius 3 is 0.943 bits per heavy atom. The van der Waals surface area contributed by atoms with Gasteiger partial charge in [-0.05, 0) is 89.6 Å². The summed E-state index contributed by atoms with van der Waals surface area (Å²) < 4.78 is 0. The van der Waals surface area contributed by atoms with Crippen molar-refractivity contribution in [1.82, 2.24) is 20.0 Å². The van der Waals surface area contributed by atoms with Crippen molar-refractivity contribution < 1.29 is 30.0 Å². The maximum atomic E-state index is 14.7. The minimum Gasteiger partial charge on any atom is -0.392 e. The molecule has 1 fully saturated rings. The fourth-order valence-electron chi connectivity index (χ4n) is 14.0. The maximum absolute atomic E-state index is 14.7. The molecular weight excluding hydrogens is 1090 g/mol. The van der Waals surface area contributed by atoms with Crippen LogP contribution in [0.3, 0.4) is 0 Å². The zero-order valence-electron chi connectivity index (χ0n) is 60.0. The van der Waals surface area contributed by atoms with Gasteiger partial charge in [-0.15, -0.1) is 0 Å². The number of aliphatic hydroxyl groups excluding tert-OH is 4. The molecule has 7 atom stereocenters. The first-order chi connectivity index (χ1) is 43.0. The molecule has 0 radical (unpaired) electrons. The van der Waals surface area contributed by atoms with E-state index in [2.05, 4.69) is 56.7 Å². The summed E-state index contributed by atoms with van der Waals surface area (Å²) >= 11 is 0. The number of hydrogen-bond donors (Lipinski definition) is 5. The number of nitrogens with zero attached hydrogens (tertiary/aromatic N) is 3.